The zero-order valence-electron chi connectivity index (χ0n) is 8.89. The summed E-state index contributed by atoms with van der Waals surface area (Å²) in [6.07, 6.45) is 2.50. The molecule has 2 heteroatoms. The van der Waals surface area contributed by atoms with Crippen molar-refractivity contribution < 1.29 is 0 Å². The van der Waals surface area contributed by atoms with Crippen molar-refractivity contribution in [2.45, 2.75) is 32.7 Å². The van der Waals surface area contributed by atoms with E-state index in [2.05, 4.69) is 59.4 Å². The highest BCUT2D eigenvalue weighted by Gasteiger charge is 2.03. The van der Waals surface area contributed by atoms with Crippen LogP contribution >= 0.6 is 15.9 Å². The van der Waals surface area contributed by atoms with Gasteiger partial charge in [-0.1, -0.05) is 41.4 Å². The van der Waals surface area contributed by atoms with Crippen molar-refractivity contribution in [3.05, 3.63) is 34.3 Å². The Bertz CT molecular complexity index is 273. The van der Waals surface area contributed by atoms with Gasteiger partial charge in [0.1, 0.15) is 0 Å². The third-order valence-corrected chi connectivity index (χ3v) is 2.82. The van der Waals surface area contributed by atoms with Crippen LogP contribution < -0.4 is 5.32 Å². The van der Waals surface area contributed by atoms with Gasteiger partial charge in [0.2, 0.25) is 0 Å². The fourth-order valence-corrected chi connectivity index (χ4v) is 1.81. The fraction of sp³-hybridized carbons (Fsp3) is 0.500. The lowest BCUT2D eigenvalue weighted by Gasteiger charge is -2.14. The topological polar surface area (TPSA) is 12.0 Å². The zero-order chi connectivity index (χ0) is 10.4. The van der Waals surface area contributed by atoms with Crippen molar-refractivity contribution in [3.8, 4) is 0 Å². The van der Waals surface area contributed by atoms with E-state index >= 15 is 0 Å². The van der Waals surface area contributed by atoms with E-state index in [0.29, 0.717) is 6.04 Å². The van der Waals surface area contributed by atoms with Crippen molar-refractivity contribution in [1.29, 1.82) is 0 Å². The van der Waals surface area contributed by atoms with E-state index in [1.165, 1.54) is 18.4 Å². The second-order valence-corrected chi connectivity index (χ2v) is 4.50. The maximum atomic E-state index is 3.51. The van der Waals surface area contributed by atoms with Crippen LogP contribution in [0.15, 0.2) is 28.7 Å². The van der Waals surface area contributed by atoms with Crippen molar-refractivity contribution in [2.24, 2.45) is 0 Å². The van der Waals surface area contributed by atoms with Crippen LogP contribution in [0.4, 0.5) is 0 Å². The van der Waals surface area contributed by atoms with Gasteiger partial charge >= 0.3 is 0 Å². The molecule has 1 aromatic rings. The average Bonchev–Trinajstić information content (AvgIpc) is 2.18. The summed E-state index contributed by atoms with van der Waals surface area (Å²) in [4.78, 5) is 0. The van der Waals surface area contributed by atoms with Gasteiger partial charge in [0.05, 0.1) is 0 Å². The zero-order valence-corrected chi connectivity index (χ0v) is 10.5. The fourth-order valence-electron chi connectivity index (χ4n) is 1.39. The monoisotopic (exact) mass is 255 g/mol. The van der Waals surface area contributed by atoms with Crippen molar-refractivity contribution in [3.63, 3.8) is 0 Å². The summed E-state index contributed by atoms with van der Waals surface area (Å²) in [5.41, 5.74) is 1.34. The number of benzene rings is 1. The molecule has 0 saturated carbocycles. The minimum absolute atomic E-state index is 0.444. The molecule has 1 nitrogen and oxygen atoms in total. The number of rotatable bonds is 5. The lowest BCUT2D eigenvalue weighted by Crippen LogP contribution is -2.19. The molecule has 0 spiro atoms. The summed E-state index contributed by atoms with van der Waals surface area (Å²) in [6, 6.07) is 8.91. The Kier molecular flexibility index (Phi) is 5.20. The average molecular weight is 256 g/mol. The second-order valence-electron chi connectivity index (χ2n) is 3.58. The SMILES string of the molecule is CCCCN[C@@H](C)c1cccc(Br)c1. The van der Waals surface area contributed by atoms with Crippen LogP contribution in [0.3, 0.4) is 0 Å². The number of hydrogen-bond acceptors (Lipinski definition) is 1. The molecule has 0 aliphatic heterocycles. The molecule has 14 heavy (non-hydrogen) atoms. The Hall–Kier alpha value is -0.340. The molecule has 0 amide bonds. The Morgan fingerprint density at radius 1 is 1.43 bits per heavy atom. The lowest BCUT2D eigenvalue weighted by atomic mass is 10.1. The quantitative estimate of drug-likeness (QED) is 0.788. The summed E-state index contributed by atoms with van der Waals surface area (Å²) in [5, 5.41) is 3.51. The van der Waals surface area contributed by atoms with E-state index in [1.807, 2.05) is 0 Å². The van der Waals surface area contributed by atoms with Crippen molar-refractivity contribution >= 4 is 15.9 Å². The normalized spacial score (nSPS) is 12.8. The maximum Gasteiger partial charge on any atom is 0.0292 e. The van der Waals surface area contributed by atoms with Crippen LogP contribution in [0.2, 0.25) is 0 Å². The van der Waals surface area contributed by atoms with Crippen LogP contribution in [0.5, 0.6) is 0 Å². The highest BCUT2D eigenvalue weighted by Crippen LogP contribution is 2.17. The van der Waals surface area contributed by atoms with Crippen molar-refractivity contribution in [1.82, 2.24) is 5.32 Å². The standard InChI is InChI=1S/C12H18BrN/c1-3-4-8-14-10(2)11-6-5-7-12(13)9-11/h5-7,9-10,14H,3-4,8H2,1-2H3/t10-/m0/s1. The van der Waals surface area contributed by atoms with Gasteiger partial charge in [0.25, 0.3) is 0 Å². The van der Waals surface area contributed by atoms with Crippen molar-refractivity contribution in [2.75, 3.05) is 6.54 Å². The molecule has 0 aromatic heterocycles. The third kappa shape index (κ3) is 3.81. The van der Waals surface area contributed by atoms with Gasteiger partial charge < -0.3 is 5.32 Å². The summed E-state index contributed by atoms with van der Waals surface area (Å²) in [7, 11) is 0. The van der Waals surface area contributed by atoms with Crippen LogP contribution in [-0.4, -0.2) is 6.54 Å². The number of unbranched alkanes of at least 4 members (excludes halogenated alkanes) is 1. The Balaban J connectivity index is 2.47. The van der Waals surface area contributed by atoms with Gasteiger partial charge in [-0.3, -0.25) is 0 Å². The summed E-state index contributed by atoms with van der Waals surface area (Å²) in [5.74, 6) is 0. The first-order chi connectivity index (χ1) is 6.74. The molecule has 1 aromatic carbocycles. The first-order valence-corrected chi connectivity index (χ1v) is 6.02. The predicted molar refractivity (Wildman–Crippen MR) is 65.5 cm³/mol. The number of nitrogens with one attached hydrogen (secondary N) is 1. The molecule has 0 heterocycles. The van der Waals surface area contributed by atoms with Crippen LogP contribution in [-0.2, 0) is 0 Å². The molecule has 0 radical (unpaired) electrons. The molecule has 0 unspecified atom stereocenters. The van der Waals surface area contributed by atoms with E-state index in [1.54, 1.807) is 0 Å². The molecule has 0 bridgehead atoms. The van der Waals surface area contributed by atoms with Crippen LogP contribution in [0.1, 0.15) is 38.3 Å². The molecular weight excluding hydrogens is 238 g/mol. The minimum Gasteiger partial charge on any atom is -0.310 e. The van der Waals surface area contributed by atoms with Crippen LogP contribution in [0, 0.1) is 0 Å². The first kappa shape index (κ1) is 11.7. The van der Waals surface area contributed by atoms with Gasteiger partial charge in [-0.15, -0.1) is 0 Å². The van der Waals surface area contributed by atoms with Gasteiger partial charge in [-0.2, -0.15) is 0 Å². The summed E-state index contributed by atoms with van der Waals surface area (Å²) in [6.45, 7) is 5.52. The molecule has 0 fully saturated rings. The number of hydrogen-bond donors (Lipinski definition) is 1. The lowest BCUT2D eigenvalue weighted by molar-refractivity contribution is 0.554. The molecule has 1 rings (SSSR count). The molecular formula is C12H18BrN. The Morgan fingerprint density at radius 2 is 2.21 bits per heavy atom. The molecule has 0 saturated heterocycles. The smallest absolute Gasteiger partial charge is 0.0292 e. The highest BCUT2D eigenvalue weighted by atomic mass is 79.9. The highest BCUT2D eigenvalue weighted by molar-refractivity contribution is 9.10. The third-order valence-electron chi connectivity index (χ3n) is 2.33. The summed E-state index contributed by atoms with van der Waals surface area (Å²) < 4.78 is 1.15. The molecule has 78 valence electrons. The van der Waals surface area contributed by atoms with E-state index in [-0.39, 0.29) is 0 Å². The van der Waals surface area contributed by atoms with Gasteiger partial charge in [-0.05, 0) is 37.6 Å². The van der Waals surface area contributed by atoms with E-state index < -0.39 is 0 Å². The van der Waals surface area contributed by atoms with Gasteiger partial charge in [0, 0.05) is 10.5 Å². The summed E-state index contributed by atoms with van der Waals surface area (Å²) >= 11 is 3.48. The Morgan fingerprint density at radius 3 is 2.86 bits per heavy atom. The van der Waals surface area contributed by atoms with E-state index in [0.717, 1.165) is 11.0 Å². The first-order valence-electron chi connectivity index (χ1n) is 5.23. The molecule has 0 aliphatic carbocycles. The second kappa shape index (κ2) is 6.20. The maximum absolute atomic E-state index is 3.51. The van der Waals surface area contributed by atoms with Crippen LogP contribution in [0.25, 0.3) is 0 Å². The Labute approximate surface area is 95.0 Å². The van der Waals surface area contributed by atoms with E-state index in [4.69, 9.17) is 0 Å². The largest absolute Gasteiger partial charge is 0.310 e. The van der Waals surface area contributed by atoms with Gasteiger partial charge in [-0.25, -0.2) is 0 Å². The predicted octanol–water partition coefficient (Wildman–Crippen LogP) is 3.90. The molecule has 1 atom stereocenters. The van der Waals surface area contributed by atoms with E-state index in [9.17, 15) is 0 Å². The number of halogens is 1. The van der Waals surface area contributed by atoms with Gasteiger partial charge in [0.15, 0.2) is 0 Å². The molecule has 0 aliphatic rings. The minimum atomic E-state index is 0.444. The molecule has 1 N–H and O–H groups in total.